The molecule has 0 aromatic carbocycles. The van der Waals surface area contributed by atoms with Gasteiger partial charge in [0.05, 0.1) is 17.2 Å². The van der Waals surface area contributed by atoms with E-state index in [0.29, 0.717) is 31.7 Å². The van der Waals surface area contributed by atoms with Crippen LogP contribution in [0.25, 0.3) is 0 Å². The van der Waals surface area contributed by atoms with Crippen LogP contribution in [0.15, 0.2) is 12.3 Å². The number of likely N-dealkylation sites (tertiary alicyclic amines) is 1. The number of β-amino-alcohol motifs (C(OH)–C–C–N with tert-alkyl or cyclic N) is 1. The van der Waals surface area contributed by atoms with E-state index in [1.165, 1.54) is 12.3 Å². The van der Waals surface area contributed by atoms with Crippen molar-refractivity contribution in [1.82, 2.24) is 9.47 Å². The van der Waals surface area contributed by atoms with Crippen molar-refractivity contribution in [3.05, 3.63) is 28.1 Å². The molecule has 2 heterocycles. The molecule has 1 aliphatic heterocycles. The summed E-state index contributed by atoms with van der Waals surface area (Å²) in [6.07, 6.45) is 3.13. The Labute approximate surface area is 116 Å². The third-order valence-corrected chi connectivity index (χ3v) is 3.46. The average molecular weight is 281 g/mol. The minimum absolute atomic E-state index is 0.0700. The van der Waals surface area contributed by atoms with Crippen molar-refractivity contribution in [3.8, 4) is 0 Å². The highest BCUT2D eigenvalue weighted by Crippen LogP contribution is 2.20. The van der Waals surface area contributed by atoms with E-state index in [-0.39, 0.29) is 11.6 Å². The molecule has 0 aliphatic carbocycles. The van der Waals surface area contributed by atoms with Crippen molar-refractivity contribution < 1.29 is 14.8 Å². The third-order valence-electron chi connectivity index (χ3n) is 3.46. The number of amides is 1. The molecule has 20 heavy (non-hydrogen) atoms. The van der Waals surface area contributed by atoms with Crippen LogP contribution in [0.2, 0.25) is 0 Å². The van der Waals surface area contributed by atoms with Gasteiger partial charge in [-0.3, -0.25) is 14.9 Å². The Bertz CT molecular complexity index is 512. The van der Waals surface area contributed by atoms with Crippen molar-refractivity contribution in [1.29, 1.82) is 0 Å². The number of nitrogens with zero attached hydrogens (tertiary/aromatic N) is 3. The second-order valence-electron chi connectivity index (χ2n) is 5.08. The Morgan fingerprint density at radius 2 is 2.35 bits per heavy atom. The zero-order valence-electron chi connectivity index (χ0n) is 11.5. The van der Waals surface area contributed by atoms with Gasteiger partial charge in [-0.15, -0.1) is 0 Å². The van der Waals surface area contributed by atoms with Gasteiger partial charge in [0.1, 0.15) is 5.69 Å². The Kier molecular flexibility index (Phi) is 4.39. The number of aryl methyl sites for hydroxylation is 1. The number of aliphatic hydroxyl groups excluding tert-OH is 1. The molecule has 0 saturated carbocycles. The number of hydrogen-bond acceptors (Lipinski definition) is 4. The number of aromatic nitrogens is 1. The molecule has 7 nitrogen and oxygen atoms in total. The molecule has 1 aromatic rings. The predicted octanol–water partition coefficient (Wildman–Crippen LogP) is 1.40. The molecule has 110 valence electrons. The summed E-state index contributed by atoms with van der Waals surface area (Å²) in [7, 11) is 0. The summed E-state index contributed by atoms with van der Waals surface area (Å²) < 4.78 is 1.63. The summed E-state index contributed by atoms with van der Waals surface area (Å²) >= 11 is 0. The Morgan fingerprint density at radius 1 is 1.60 bits per heavy atom. The lowest BCUT2D eigenvalue weighted by molar-refractivity contribution is -0.384. The summed E-state index contributed by atoms with van der Waals surface area (Å²) in [4.78, 5) is 24.4. The molecule has 1 aromatic heterocycles. The van der Waals surface area contributed by atoms with Gasteiger partial charge < -0.3 is 14.6 Å². The molecule has 0 radical (unpaired) electrons. The van der Waals surface area contributed by atoms with Crippen molar-refractivity contribution >= 4 is 11.6 Å². The van der Waals surface area contributed by atoms with Gasteiger partial charge >= 0.3 is 0 Å². The standard InChI is InChI=1S/C13H19N3O4/c1-2-5-14-8-10(16(19)20)7-12(14)13(18)15-6-3-4-11(17)9-15/h7-8,11,17H,2-6,9H2,1H3. The maximum atomic E-state index is 12.4. The van der Waals surface area contributed by atoms with E-state index in [1.54, 1.807) is 9.47 Å². The quantitative estimate of drug-likeness (QED) is 0.667. The van der Waals surface area contributed by atoms with Crippen molar-refractivity contribution in [2.45, 2.75) is 38.8 Å². The second-order valence-corrected chi connectivity index (χ2v) is 5.08. The molecule has 0 spiro atoms. The third kappa shape index (κ3) is 2.98. The Hall–Kier alpha value is -1.89. The highest BCUT2D eigenvalue weighted by Gasteiger charge is 2.27. The average Bonchev–Trinajstić information content (AvgIpc) is 2.82. The van der Waals surface area contributed by atoms with Gasteiger partial charge in [-0.2, -0.15) is 0 Å². The summed E-state index contributed by atoms with van der Waals surface area (Å²) in [5.74, 6) is -0.245. The number of aliphatic hydroxyl groups is 1. The first kappa shape index (κ1) is 14.5. The predicted molar refractivity (Wildman–Crippen MR) is 72.5 cm³/mol. The van der Waals surface area contributed by atoms with E-state index < -0.39 is 11.0 Å². The van der Waals surface area contributed by atoms with Gasteiger partial charge in [-0.1, -0.05) is 6.92 Å². The topological polar surface area (TPSA) is 88.6 Å². The molecule has 1 fully saturated rings. The monoisotopic (exact) mass is 281 g/mol. The van der Waals surface area contributed by atoms with Crippen molar-refractivity contribution in [3.63, 3.8) is 0 Å². The molecule has 1 atom stereocenters. The molecule has 1 amide bonds. The van der Waals surface area contributed by atoms with Crippen LogP contribution in [0.4, 0.5) is 5.69 Å². The van der Waals surface area contributed by atoms with Crippen molar-refractivity contribution in [2.75, 3.05) is 13.1 Å². The fraction of sp³-hybridized carbons (Fsp3) is 0.615. The Balaban J connectivity index is 2.25. The smallest absolute Gasteiger partial charge is 0.287 e. The fourth-order valence-electron chi connectivity index (χ4n) is 2.50. The molecular formula is C13H19N3O4. The number of carbonyl (C=O) groups excluding carboxylic acids is 1. The second kappa shape index (κ2) is 6.04. The van der Waals surface area contributed by atoms with Crippen LogP contribution >= 0.6 is 0 Å². The van der Waals surface area contributed by atoms with Gasteiger partial charge in [0.2, 0.25) is 0 Å². The fourth-order valence-corrected chi connectivity index (χ4v) is 2.50. The number of carbonyl (C=O) groups is 1. The molecule has 1 aliphatic rings. The van der Waals surface area contributed by atoms with Crippen LogP contribution in [0.1, 0.15) is 36.7 Å². The van der Waals surface area contributed by atoms with E-state index >= 15 is 0 Å². The van der Waals surface area contributed by atoms with Crippen LogP contribution in [-0.4, -0.2) is 44.6 Å². The summed E-state index contributed by atoms with van der Waals surface area (Å²) in [6, 6.07) is 1.32. The first-order valence-corrected chi connectivity index (χ1v) is 6.84. The van der Waals surface area contributed by atoms with E-state index in [9.17, 15) is 20.0 Å². The first-order valence-electron chi connectivity index (χ1n) is 6.84. The van der Waals surface area contributed by atoms with Gasteiger partial charge in [-0.25, -0.2) is 0 Å². The van der Waals surface area contributed by atoms with Crippen LogP contribution < -0.4 is 0 Å². The van der Waals surface area contributed by atoms with Gasteiger partial charge in [0.15, 0.2) is 0 Å². The van der Waals surface area contributed by atoms with Crippen molar-refractivity contribution in [2.24, 2.45) is 0 Å². The summed E-state index contributed by atoms with van der Waals surface area (Å²) in [6.45, 7) is 3.39. The van der Waals surface area contributed by atoms with Crippen LogP contribution in [-0.2, 0) is 6.54 Å². The molecule has 2 rings (SSSR count). The lowest BCUT2D eigenvalue weighted by Crippen LogP contribution is -2.42. The van der Waals surface area contributed by atoms with E-state index in [0.717, 1.165) is 12.8 Å². The van der Waals surface area contributed by atoms with E-state index in [4.69, 9.17) is 0 Å². The Morgan fingerprint density at radius 3 is 2.95 bits per heavy atom. The van der Waals surface area contributed by atoms with Gasteiger partial charge in [-0.05, 0) is 19.3 Å². The van der Waals surface area contributed by atoms with Crippen LogP contribution in [0.3, 0.4) is 0 Å². The normalized spacial score (nSPS) is 19.1. The lowest BCUT2D eigenvalue weighted by Gasteiger charge is -2.30. The van der Waals surface area contributed by atoms with Gasteiger partial charge in [0, 0.05) is 25.7 Å². The minimum atomic E-state index is -0.503. The number of rotatable bonds is 4. The number of hydrogen-bond donors (Lipinski definition) is 1. The zero-order valence-corrected chi connectivity index (χ0v) is 11.5. The number of nitro groups is 1. The largest absolute Gasteiger partial charge is 0.391 e. The molecule has 1 unspecified atom stereocenters. The minimum Gasteiger partial charge on any atom is -0.391 e. The van der Waals surface area contributed by atoms with E-state index in [2.05, 4.69) is 0 Å². The highest BCUT2D eigenvalue weighted by atomic mass is 16.6. The maximum absolute atomic E-state index is 12.4. The molecular weight excluding hydrogens is 262 g/mol. The van der Waals surface area contributed by atoms with Crippen LogP contribution in [0.5, 0.6) is 0 Å². The van der Waals surface area contributed by atoms with Crippen LogP contribution in [0, 0.1) is 10.1 Å². The summed E-state index contributed by atoms with van der Waals surface area (Å²) in [5, 5.41) is 20.5. The maximum Gasteiger partial charge on any atom is 0.287 e. The van der Waals surface area contributed by atoms with E-state index in [1.807, 2.05) is 6.92 Å². The lowest BCUT2D eigenvalue weighted by atomic mass is 10.1. The zero-order chi connectivity index (χ0) is 14.7. The van der Waals surface area contributed by atoms with Gasteiger partial charge in [0.25, 0.3) is 11.6 Å². The SMILES string of the molecule is CCCn1cc([N+](=O)[O-])cc1C(=O)N1CCCC(O)C1. The molecule has 1 saturated heterocycles. The molecule has 1 N–H and O–H groups in total. The first-order chi connectivity index (χ1) is 9.52. The highest BCUT2D eigenvalue weighted by molar-refractivity contribution is 5.93. The number of piperidine rings is 1. The molecule has 7 heteroatoms. The summed E-state index contributed by atoms with van der Waals surface area (Å²) in [5.41, 5.74) is 0.256. The molecule has 0 bridgehead atoms.